The number of aromatic nitrogens is 1. The molecule has 0 aliphatic heterocycles. The van der Waals surface area contributed by atoms with Gasteiger partial charge in [0.15, 0.2) is 0 Å². The lowest BCUT2D eigenvalue weighted by Crippen LogP contribution is -2.24. The van der Waals surface area contributed by atoms with Crippen molar-refractivity contribution in [1.82, 2.24) is 10.1 Å². The molecule has 0 atom stereocenters. The highest BCUT2D eigenvalue weighted by atomic mass is 16.2. The number of amides is 2. The van der Waals surface area contributed by atoms with Crippen LogP contribution in [0.25, 0.3) is 10.8 Å². The first-order valence-electron chi connectivity index (χ1n) is 9.90. The second-order valence-electron chi connectivity index (χ2n) is 7.23. The number of aryl methyl sites for hydroxylation is 1. The van der Waals surface area contributed by atoms with Gasteiger partial charge in [0.2, 0.25) is 0 Å². The number of carbonyl (C=O) groups is 2. The zero-order chi connectivity index (χ0) is 21.8. The van der Waals surface area contributed by atoms with Crippen LogP contribution in [-0.2, 0) is 0 Å². The van der Waals surface area contributed by atoms with E-state index in [9.17, 15) is 9.59 Å². The van der Waals surface area contributed by atoms with E-state index >= 15 is 0 Å². The Morgan fingerprint density at radius 1 is 0.806 bits per heavy atom. The van der Waals surface area contributed by atoms with Crippen LogP contribution in [0.3, 0.4) is 0 Å². The molecule has 0 radical (unpaired) electrons. The monoisotopic (exact) mass is 410 g/mol. The zero-order valence-corrected chi connectivity index (χ0v) is 17.3. The molecule has 0 saturated heterocycles. The van der Waals surface area contributed by atoms with Crippen LogP contribution in [0, 0.1) is 13.8 Å². The van der Waals surface area contributed by atoms with Crippen molar-refractivity contribution in [3.63, 3.8) is 0 Å². The average molecular weight is 410 g/mol. The van der Waals surface area contributed by atoms with Crippen LogP contribution in [0.4, 0.5) is 0 Å². The molecular formula is C25H22N4O2. The van der Waals surface area contributed by atoms with E-state index in [0.717, 1.165) is 27.7 Å². The average Bonchev–Trinajstić information content (AvgIpc) is 3.06. The Hall–Kier alpha value is -4.19. The van der Waals surface area contributed by atoms with Crippen LogP contribution in [0.2, 0.25) is 0 Å². The molecule has 1 aromatic heterocycles. The number of nitrogens with zero attached hydrogens (tertiary/aromatic N) is 2. The smallest absolute Gasteiger partial charge is 0.267 e. The van der Waals surface area contributed by atoms with Gasteiger partial charge in [0.1, 0.15) is 0 Å². The maximum Gasteiger partial charge on any atom is 0.271 e. The lowest BCUT2D eigenvalue weighted by Gasteiger charge is -2.11. The predicted molar refractivity (Wildman–Crippen MR) is 123 cm³/mol. The summed E-state index contributed by atoms with van der Waals surface area (Å²) in [6.07, 6.45) is 1.58. The van der Waals surface area contributed by atoms with Gasteiger partial charge in [0.25, 0.3) is 11.8 Å². The number of hydrogen-bond donors (Lipinski definition) is 2. The second kappa shape index (κ2) is 8.67. The first-order chi connectivity index (χ1) is 15.0. The molecule has 6 heteroatoms. The fraction of sp³-hybridized carbons (Fsp3) is 0.0800. The molecule has 2 N–H and O–H groups in total. The van der Waals surface area contributed by atoms with E-state index in [-0.39, 0.29) is 11.8 Å². The maximum atomic E-state index is 12.5. The minimum Gasteiger partial charge on any atom is -0.267 e. The number of fused-ring (bicyclic) bond motifs is 1. The van der Waals surface area contributed by atoms with Crippen LogP contribution in [0.5, 0.6) is 0 Å². The molecule has 2 amide bonds. The molecule has 6 nitrogen and oxygen atoms in total. The number of nitrogens with one attached hydrogen (secondary N) is 2. The quantitative estimate of drug-likeness (QED) is 0.378. The Labute approximate surface area is 180 Å². The Morgan fingerprint density at radius 3 is 2.29 bits per heavy atom. The van der Waals surface area contributed by atoms with Gasteiger partial charge in [-0.1, -0.05) is 48.5 Å². The van der Waals surface area contributed by atoms with Gasteiger partial charge in [-0.05, 0) is 55.0 Å². The SMILES string of the molecule is Cc1cc(/C=N\NC(=O)c2ccc3ccccc3c2)c(C)n1NC(=O)c1ccccc1. The fourth-order valence-corrected chi connectivity index (χ4v) is 3.40. The summed E-state index contributed by atoms with van der Waals surface area (Å²) in [5.41, 5.74) is 9.03. The van der Waals surface area contributed by atoms with Gasteiger partial charge in [0, 0.05) is 28.1 Å². The van der Waals surface area contributed by atoms with Gasteiger partial charge < -0.3 is 0 Å². The molecule has 31 heavy (non-hydrogen) atoms. The molecule has 0 unspecified atom stereocenters. The molecule has 0 fully saturated rings. The summed E-state index contributed by atoms with van der Waals surface area (Å²) in [5.74, 6) is -0.483. The minimum atomic E-state index is -0.284. The zero-order valence-electron chi connectivity index (χ0n) is 17.3. The predicted octanol–water partition coefficient (Wildman–Crippen LogP) is 4.41. The fourth-order valence-electron chi connectivity index (χ4n) is 3.40. The van der Waals surface area contributed by atoms with E-state index in [1.54, 1.807) is 29.1 Å². The van der Waals surface area contributed by atoms with Crippen LogP contribution >= 0.6 is 0 Å². The van der Waals surface area contributed by atoms with Gasteiger partial charge in [-0.3, -0.25) is 19.7 Å². The summed E-state index contributed by atoms with van der Waals surface area (Å²) in [4.78, 5) is 24.9. The number of carbonyl (C=O) groups excluding carboxylic acids is 2. The van der Waals surface area contributed by atoms with Gasteiger partial charge in [-0.15, -0.1) is 0 Å². The molecule has 0 aliphatic rings. The first kappa shape index (κ1) is 20.1. The number of benzene rings is 3. The van der Waals surface area contributed by atoms with Crippen molar-refractivity contribution in [2.75, 3.05) is 5.43 Å². The van der Waals surface area contributed by atoms with Crippen LogP contribution in [0.1, 0.15) is 37.7 Å². The summed E-state index contributed by atoms with van der Waals surface area (Å²) >= 11 is 0. The highest BCUT2D eigenvalue weighted by Crippen LogP contribution is 2.16. The third-order valence-corrected chi connectivity index (χ3v) is 5.10. The molecule has 4 rings (SSSR count). The highest BCUT2D eigenvalue weighted by Gasteiger charge is 2.12. The molecule has 154 valence electrons. The third-order valence-electron chi connectivity index (χ3n) is 5.10. The summed E-state index contributed by atoms with van der Waals surface area (Å²) in [6.45, 7) is 3.77. The van der Waals surface area contributed by atoms with E-state index in [0.29, 0.717) is 11.1 Å². The van der Waals surface area contributed by atoms with E-state index in [2.05, 4.69) is 16.0 Å². The van der Waals surface area contributed by atoms with Crippen LogP contribution < -0.4 is 10.9 Å². The van der Waals surface area contributed by atoms with Crippen LogP contribution in [-0.4, -0.2) is 22.7 Å². The van der Waals surface area contributed by atoms with E-state index in [4.69, 9.17) is 0 Å². The summed E-state index contributed by atoms with van der Waals surface area (Å²) in [6, 6.07) is 24.3. The third kappa shape index (κ3) is 4.38. The number of hydrazone groups is 1. The van der Waals surface area contributed by atoms with E-state index in [1.165, 1.54) is 0 Å². The second-order valence-corrected chi connectivity index (χ2v) is 7.23. The van der Waals surface area contributed by atoms with Crippen molar-refractivity contribution in [2.45, 2.75) is 13.8 Å². The van der Waals surface area contributed by atoms with Crippen molar-refractivity contribution in [1.29, 1.82) is 0 Å². The molecule has 3 aromatic carbocycles. The largest absolute Gasteiger partial charge is 0.271 e. The minimum absolute atomic E-state index is 0.199. The maximum absolute atomic E-state index is 12.5. The van der Waals surface area contributed by atoms with Crippen molar-refractivity contribution in [3.8, 4) is 0 Å². The Balaban J connectivity index is 1.46. The van der Waals surface area contributed by atoms with Crippen molar-refractivity contribution in [2.24, 2.45) is 5.10 Å². The lowest BCUT2D eigenvalue weighted by molar-refractivity contribution is 0.0954. The van der Waals surface area contributed by atoms with Gasteiger partial charge in [-0.25, -0.2) is 5.43 Å². The van der Waals surface area contributed by atoms with Crippen molar-refractivity contribution >= 4 is 28.8 Å². The van der Waals surface area contributed by atoms with E-state index < -0.39 is 0 Å². The lowest BCUT2D eigenvalue weighted by atomic mass is 10.1. The first-order valence-corrected chi connectivity index (χ1v) is 9.90. The Bertz CT molecular complexity index is 1290. The van der Waals surface area contributed by atoms with Gasteiger partial charge >= 0.3 is 0 Å². The number of rotatable bonds is 5. The molecule has 1 heterocycles. The standard InChI is InChI=1S/C25H22N4O2/c1-17-14-23(18(2)29(17)28-25(31)20-9-4-3-5-10-20)16-26-27-24(30)22-13-12-19-8-6-7-11-21(19)15-22/h3-16H,1-2H3,(H,27,30)(H,28,31)/b26-16-. The van der Waals surface area contributed by atoms with Gasteiger partial charge in [-0.2, -0.15) is 5.10 Å². The number of hydrogen-bond acceptors (Lipinski definition) is 3. The molecule has 0 spiro atoms. The molecule has 0 aliphatic carbocycles. The summed E-state index contributed by atoms with van der Waals surface area (Å²) in [5, 5.41) is 6.17. The van der Waals surface area contributed by atoms with Crippen LogP contribution in [0.15, 0.2) is 84.0 Å². The highest BCUT2D eigenvalue weighted by molar-refractivity contribution is 6.00. The molecule has 0 saturated carbocycles. The van der Waals surface area contributed by atoms with Crippen molar-refractivity contribution in [3.05, 3.63) is 107 Å². The molecule has 0 bridgehead atoms. The summed E-state index contributed by atoms with van der Waals surface area (Å²) < 4.78 is 1.71. The normalized spacial score (nSPS) is 11.0. The summed E-state index contributed by atoms with van der Waals surface area (Å²) in [7, 11) is 0. The van der Waals surface area contributed by atoms with Gasteiger partial charge in [0.05, 0.1) is 6.21 Å². The Morgan fingerprint density at radius 2 is 1.52 bits per heavy atom. The molecule has 4 aromatic rings. The van der Waals surface area contributed by atoms with Crippen molar-refractivity contribution < 1.29 is 9.59 Å². The Kier molecular flexibility index (Phi) is 5.62. The molecular weight excluding hydrogens is 388 g/mol. The van der Waals surface area contributed by atoms with E-state index in [1.807, 2.05) is 74.5 Å². The topological polar surface area (TPSA) is 75.5 Å².